The normalized spacial score (nSPS) is 20.2. The number of aliphatic carboxylic acids is 1. The molecule has 0 saturated carbocycles. The van der Waals surface area contributed by atoms with Crippen LogP contribution in [-0.2, 0) is 20.9 Å². The van der Waals surface area contributed by atoms with Crippen molar-refractivity contribution in [2.75, 3.05) is 11.4 Å². The summed E-state index contributed by atoms with van der Waals surface area (Å²) in [6.07, 6.45) is -0.225. The summed E-state index contributed by atoms with van der Waals surface area (Å²) in [5, 5.41) is 8.68. The maximum Gasteiger partial charge on any atom is 0.332 e. The molecule has 2 heterocycles. The Morgan fingerprint density at radius 1 is 1.09 bits per heavy atom. The van der Waals surface area contributed by atoms with Crippen molar-refractivity contribution in [2.45, 2.75) is 37.9 Å². The smallest absolute Gasteiger partial charge is 0.332 e. The van der Waals surface area contributed by atoms with Gasteiger partial charge in [-0.3, -0.25) is 14.4 Å². The Morgan fingerprint density at radius 2 is 1.82 bits per heavy atom. The van der Waals surface area contributed by atoms with Crippen molar-refractivity contribution in [2.24, 2.45) is 0 Å². The van der Waals surface area contributed by atoms with Gasteiger partial charge in [-0.15, -0.1) is 0 Å². The van der Waals surface area contributed by atoms with Crippen LogP contribution in [0.2, 0.25) is 5.02 Å². The van der Waals surface area contributed by atoms with E-state index in [9.17, 15) is 23.6 Å². The molecule has 172 valence electrons. The number of carboxylic acids is 1. The Balaban J connectivity index is 1.71. The van der Waals surface area contributed by atoms with E-state index < -0.39 is 41.7 Å². The zero-order valence-electron chi connectivity index (χ0n) is 17.5. The van der Waals surface area contributed by atoms with Crippen molar-refractivity contribution in [1.82, 2.24) is 9.80 Å². The molecule has 1 N–H and O–H groups in total. The summed E-state index contributed by atoms with van der Waals surface area (Å²) in [7, 11) is 0. The van der Waals surface area contributed by atoms with Crippen molar-refractivity contribution < 1.29 is 28.7 Å². The lowest BCUT2D eigenvalue weighted by Gasteiger charge is -2.43. The second-order valence-electron chi connectivity index (χ2n) is 7.95. The number of hydrogen-bond acceptors (Lipinski definition) is 4. The molecular formula is C23H21ClFN3O5. The molecule has 0 aromatic heterocycles. The van der Waals surface area contributed by atoms with Crippen molar-refractivity contribution in [1.29, 1.82) is 0 Å². The van der Waals surface area contributed by atoms with Crippen LogP contribution in [0, 0.1) is 5.82 Å². The third-order valence-corrected chi connectivity index (χ3v) is 6.20. The number of rotatable bonds is 6. The lowest BCUT2D eigenvalue weighted by molar-refractivity contribution is -0.143. The summed E-state index contributed by atoms with van der Waals surface area (Å²) < 4.78 is 13.7. The number of benzene rings is 2. The molecule has 0 bridgehead atoms. The third-order valence-electron chi connectivity index (χ3n) is 5.91. The van der Waals surface area contributed by atoms with Gasteiger partial charge in [-0.25, -0.2) is 14.1 Å². The number of anilines is 1. The second kappa shape index (κ2) is 9.19. The summed E-state index contributed by atoms with van der Waals surface area (Å²) in [4.78, 5) is 54.4. The van der Waals surface area contributed by atoms with Gasteiger partial charge in [0.15, 0.2) is 0 Å². The predicted octanol–water partition coefficient (Wildman–Crippen LogP) is 3.28. The molecule has 2 aliphatic heterocycles. The fourth-order valence-electron chi connectivity index (χ4n) is 4.36. The Hall–Kier alpha value is -3.46. The average Bonchev–Trinajstić information content (AvgIpc) is 3.23. The van der Waals surface area contributed by atoms with Gasteiger partial charge in [-0.1, -0.05) is 41.9 Å². The molecule has 0 aliphatic carbocycles. The minimum absolute atomic E-state index is 0.0951. The molecule has 2 aromatic carbocycles. The minimum Gasteiger partial charge on any atom is -0.481 e. The van der Waals surface area contributed by atoms with E-state index >= 15 is 0 Å². The molecule has 8 nitrogen and oxygen atoms in total. The quantitative estimate of drug-likeness (QED) is 0.694. The molecule has 2 saturated heterocycles. The SMILES string of the molecule is O=C(O)CCC(=O)N1CCC2C1C(=O)N(c1ccc(F)c(Cl)c1)C(=O)N2Cc1ccccc1. The van der Waals surface area contributed by atoms with Gasteiger partial charge in [0.25, 0.3) is 5.91 Å². The van der Waals surface area contributed by atoms with E-state index in [1.165, 1.54) is 21.9 Å². The fourth-order valence-corrected chi connectivity index (χ4v) is 4.54. The molecule has 2 unspecified atom stereocenters. The summed E-state index contributed by atoms with van der Waals surface area (Å²) in [6.45, 7) is 0.423. The molecular weight excluding hydrogens is 453 g/mol. The molecule has 2 aliphatic rings. The Labute approximate surface area is 194 Å². The largest absolute Gasteiger partial charge is 0.481 e. The van der Waals surface area contributed by atoms with E-state index in [0.717, 1.165) is 16.5 Å². The topological polar surface area (TPSA) is 98.2 Å². The number of carbonyl (C=O) groups is 4. The van der Waals surface area contributed by atoms with E-state index in [1.807, 2.05) is 30.3 Å². The van der Waals surface area contributed by atoms with Gasteiger partial charge in [0.05, 0.1) is 23.2 Å². The number of fused-ring (bicyclic) bond motifs is 1. The lowest BCUT2D eigenvalue weighted by atomic mass is 10.0. The number of carboxylic acid groups (broad SMARTS) is 1. The summed E-state index contributed by atoms with van der Waals surface area (Å²) >= 11 is 5.90. The van der Waals surface area contributed by atoms with Crippen LogP contribution in [0.15, 0.2) is 48.5 Å². The van der Waals surface area contributed by atoms with E-state index in [2.05, 4.69) is 0 Å². The summed E-state index contributed by atoms with van der Waals surface area (Å²) in [6, 6.07) is 10.6. The first-order valence-electron chi connectivity index (χ1n) is 10.4. The van der Waals surface area contributed by atoms with E-state index in [-0.39, 0.29) is 36.6 Å². The van der Waals surface area contributed by atoms with Gasteiger partial charge in [0.2, 0.25) is 5.91 Å². The highest BCUT2D eigenvalue weighted by molar-refractivity contribution is 6.31. The number of halogens is 2. The summed E-state index contributed by atoms with van der Waals surface area (Å²) in [5.41, 5.74) is 0.935. The van der Waals surface area contributed by atoms with Crippen LogP contribution >= 0.6 is 11.6 Å². The van der Waals surface area contributed by atoms with Crippen LogP contribution in [0.5, 0.6) is 0 Å². The second-order valence-corrected chi connectivity index (χ2v) is 8.36. The van der Waals surface area contributed by atoms with Crippen LogP contribution in [0.4, 0.5) is 14.9 Å². The monoisotopic (exact) mass is 473 g/mol. The van der Waals surface area contributed by atoms with Gasteiger partial charge < -0.3 is 14.9 Å². The van der Waals surface area contributed by atoms with Crippen LogP contribution < -0.4 is 4.90 Å². The fraction of sp³-hybridized carbons (Fsp3) is 0.304. The molecule has 4 rings (SSSR count). The molecule has 0 radical (unpaired) electrons. The highest BCUT2D eigenvalue weighted by atomic mass is 35.5. The molecule has 2 aromatic rings. The van der Waals surface area contributed by atoms with Crippen LogP contribution in [0.3, 0.4) is 0 Å². The van der Waals surface area contributed by atoms with Gasteiger partial charge in [-0.05, 0) is 30.2 Å². The first-order valence-corrected chi connectivity index (χ1v) is 10.8. The number of nitrogens with zero attached hydrogens (tertiary/aromatic N) is 3. The van der Waals surface area contributed by atoms with Crippen molar-refractivity contribution in [3.63, 3.8) is 0 Å². The summed E-state index contributed by atoms with van der Waals surface area (Å²) in [5.74, 6) is -2.90. The molecule has 0 spiro atoms. The number of likely N-dealkylation sites (tertiary alicyclic amines) is 1. The maximum absolute atomic E-state index is 13.7. The van der Waals surface area contributed by atoms with Gasteiger partial charge in [0, 0.05) is 19.5 Å². The Morgan fingerprint density at radius 3 is 2.48 bits per heavy atom. The van der Waals surface area contributed by atoms with Crippen LogP contribution in [0.25, 0.3) is 0 Å². The molecule has 10 heteroatoms. The third kappa shape index (κ3) is 4.41. The first-order chi connectivity index (χ1) is 15.8. The highest BCUT2D eigenvalue weighted by Gasteiger charge is 2.53. The number of imide groups is 1. The van der Waals surface area contributed by atoms with E-state index in [4.69, 9.17) is 16.7 Å². The van der Waals surface area contributed by atoms with Crippen molar-refractivity contribution in [3.05, 3.63) is 64.9 Å². The first kappa shape index (κ1) is 22.7. The molecule has 2 fully saturated rings. The number of hydrogen-bond donors (Lipinski definition) is 1. The number of urea groups is 1. The van der Waals surface area contributed by atoms with Crippen molar-refractivity contribution >= 4 is 41.1 Å². The molecule has 33 heavy (non-hydrogen) atoms. The molecule has 4 amide bonds. The predicted molar refractivity (Wildman–Crippen MR) is 117 cm³/mol. The number of carbonyl (C=O) groups excluding carboxylic acids is 3. The Bertz CT molecular complexity index is 1110. The standard InChI is InChI=1S/C23H21ClFN3O5/c24-16-12-15(6-7-17(16)25)28-22(32)21-18(10-11-26(21)19(29)8-9-20(30)31)27(23(28)33)13-14-4-2-1-3-5-14/h1-7,12,18,21H,8-11,13H2,(H,30,31). The van der Waals surface area contributed by atoms with Gasteiger partial charge in [0.1, 0.15) is 11.9 Å². The van der Waals surface area contributed by atoms with Gasteiger partial charge in [-0.2, -0.15) is 0 Å². The Kier molecular flexibility index (Phi) is 6.33. The highest BCUT2D eigenvalue weighted by Crippen LogP contribution is 2.35. The van der Waals surface area contributed by atoms with E-state index in [1.54, 1.807) is 0 Å². The van der Waals surface area contributed by atoms with E-state index in [0.29, 0.717) is 6.42 Å². The van der Waals surface area contributed by atoms with Crippen LogP contribution in [0.1, 0.15) is 24.8 Å². The number of amides is 4. The zero-order valence-corrected chi connectivity index (χ0v) is 18.2. The zero-order chi connectivity index (χ0) is 23.7. The van der Waals surface area contributed by atoms with Crippen molar-refractivity contribution in [3.8, 4) is 0 Å². The van der Waals surface area contributed by atoms with Gasteiger partial charge >= 0.3 is 12.0 Å². The minimum atomic E-state index is -1.11. The lowest BCUT2D eigenvalue weighted by Crippen LogP contribution is -2.66. The average molecular weight is 474 g/mol. The maximum atomic E-state index is 13.7. The molecule has 2 atom stereocenters. The van der Waals surface area contributed by atoms with Crippen LogP contribution in [-0.4, -0.2) is 57.3 Å².